The summed E-state index contributed by atoms with van der Waals surface area (Å²) >= 11 is 0. The summed E-state index contributed by atoms with van der Waals surface area (Å²) in [6.07, 6.45) is 7.91. The lowest BCUT2D eigenvalue weighted by Gasteiger charge is -2.59. The van der Waals surface area contributed by atoms with Crippen LogP contribution in [0.3, 0.4) is 0 Å². The zero-order valence-electron chi connectivity index (χ0n) is 15.0. The first-order valence-electron chi connectivity index (χ1n) is 9.35. The number of nitrogens with zero attached hydrogens (tertiary/aromatic N) is 1. The van der Waals surface area contributed by atoms with Crippen LogP contribution in [0.15, 0.2) is 18.2 Å². The van der Waals surface area contributed by atoms with E-state index in [1.807, 2.05) is 0 Å². The lowest BCUT2D eigenvalue weighted by Crippen LogP contribution is -2.55. The number of carbonyl (C=O) groups is 2. The largest absolute Gasteiger partial charge is 0.464 e. The molecule has 1 N–H and O–H groups in total. The lowest BCUT2D eigenvalue weighted by molar-refractivity contribution is -0.0688. The Morgan fingerprint density at radius 3 is 2.24 bits per heavy atom. The molecule has 4 aliphatic carbocycles. The van der Waals surface area contributed by atoms with Crippen molar-refractivity contribution in [2.75, 3.05) is 7.11 Å². The standard InChI is InChI=1S/C20H26N2O3/c1-12(20-9-13-6-14(10-20)8-15(7-13)11-20)21-18(23)16-4-3-5-17(22-16)19(24)25-2/h3-5,12-15H,6-11H2,1-2H3,(H,21,23)/t12-,13?,14?,15?,20?/m1/s1. The van der Waals surface area contributed by atoms with Crippen LogP contribution in [0.5, 0.6) is 0 Å². The summed E-state index contributed by atoms with van der Waals surface area (Å²) in [7, 11) is 1.31. The maximum absolute atomic E-state index is 12.7. The fourth-order valence-corrected chi connectivity index (χ4v) is 5.91. The number of nitrogens with one attached hydrogen (secondary N) is 1. The summed E-state index contributed by atoms with van der Waals surface area (Å²) in [5, 5.41) is 3.18. The summed E-state index contributed by atoms with van der Waals surface area (Å²) in [6.45, 7) is 2.15. The number of esters is 1. The SMILES string of the molecule is COC(=O)c1cccc(C(=O)N[C@H](C)C23CC4CC(CC(C4)C2)C3)n1. The smallest absolute Gasteiger partial charge is 0.356 e. The second kappa shape index (κ2) is 6.11. The van der Waals surface area contributed by atoms with Crippen LogP contribution in [-0.4, -0.2) is 30.0 Å². The molecule has 0 aromatic carbocycles. The Labute approximate surface area is 148 Å². The molecule has 0 spiro atoms. The van der Waals surface area contributed by atoms with Gasteiger partial charge in [0.25, 0.3) is 5.91 Å². The molecular formula is C20H26N2O3. The lowest BCUT2D eigenvalue weighted by atomic mass is 9.48. The third-order valence-electron chi connectivity index (χ3n) is 6.73. The first-order chi connectivity index (χ1) is 12.0. The monoisotopic (exact) mass is 342 g/mol. The highest BCUT2D eigenvalue weighted by Gasteiger charge is 2.53. The molecule has 4 saturated carbocycles. The molecule has 1 atom stereocenters. The number of hydrogen-bond donors (Lipinski definition) is 1. The Kier molecular flexibility index (Phi) is 4.05. The fourth-order valence-electron chi connectivity index (χ4n) is 5.91. The van der Waals surface area contributed by atoms with Gasteiger partial charge in [-0.05, 0) is 80.8 Å². The average Bonchev–Trinajstić information content (AvgIpc) is 2.60. The summed E-state index contributed by atoms with van der Waals surface area (Å²) in [5.74, 6) is 1.84. The highest BCUT2D eigenvalue weighted by Crippen LogP contribution is 2.61. The van der Waals surface area contributed by atoms with Crippen molar-refractivity contribution >= 4 is 11.9 Å². The minimum atomic E-state index is -0.524. The molecule has 25 heavy (non-hydrogen) atoms. The first-order valence-corrected chi connectivity index (χ1v) is 9.35. The molecule has 5 heteroatoms. The number of hydrogen-bond acceptors (Lipinski definition) is 4. The van der Waals surface area contributed by atoms with Gasteiger partial charge in [-0.15, -0.1) is 0 Å². The van der Waals surface area contributed by atoms with Crippen LogP contribution < -0.4 is 5.32 Å². The Hall–Kier alpha value is -1.91. The third kappa shape index (κ3) is 2.94. The van der Waals surface area contributed by atoms with E-state index in [1.54, 1.807) is 18.2 Å². The molecule has 5 rings (SSSR count). The van der Waals surface area contributed by atoms with Gasteiger partial charge < -0.3 is 10.1 Å². The topological polar surface area (TPSA) is 68.3 Å². The number of amides is 1. The van der Waals surface area contributed by atoms with Gasteiger partial charge in [-0.2, -0.15) is 0 Å². The Balaban J connectivity index is 1.48. The molecule has 4 aliphatic rings. The van der Waals surface area contributed by atoms with Crippen molar-refractivity contribution in [3.8, 4) is 0 Å². The fraction of sp³-hybridized carbons (Fsp3) is 0.650. The van der Waals surface area contributed by atoms with Crippen molar-refractivity contribution < 1.29 is 14.3 Å². The van der Waals surface area contributed by atoms with Gasteiger partial charge in [0.1, 0.15) is 11.4 Å². The van der Waals surface area contributed by atoms with Crippen molar-refractivity contribution in [3.05, 3.63) is 29.6 Å². The highest BCUT2D eigenvalue weighted by atomic mass is 16.5. The minimum Gasteiger partial charge on any atom is -0.464 e. The van der Waals surface area contributed by atoms with Gasteiger partial charge in [-0.25, -0.2) is 9.78 Å². The molecule has 1 heterocycles. The van der Waals surface area contributed by atoms with E-state index >= 15 is 0 Å². The van der Waals surface area contributed by atoms with Crippen LogP contribution in [0, 0.1) is 23.2 Å². The van der Waals surface area contributed by atoms with Crippen LogP contribution >= 0.6 is 0 Å². The highest BCUT2D eigenvalue weighted by molar-refractivity contribution is 5.94. The van der Waals surface area contributed by atoms with Crippen LogP contribution in [0.1, 0.15) is 66.4 Å². The summed E-state index contributed by atoms with van der Waals surface area (Å²) in [4.78, 5) is 28.5. The van der Waals surface area contributed by atoms with E-state index in [1.165, 1.54) is 45.6 Å². The van der Waals surface area contributed by atoms with Gasteiger partial charge >= 0.3 is 5.97 Å². The summed E-state index contributed by atoms with van der Waals surface area (Å²) in [6, 6.07) is 5.01. The van der Waals surface area contributed by atoms with Gasteiger partial charge in [0.05, 0.1) is 7.11 Å². The minimum absolute atomic E-state index is 0.136. The predicted molar refractivity (Wildman–Crippen MR) is 93.1 cm³/mol. The quantitative estimate of drug-likeness (QED) is 0.853. The van der Waals surface area contributed by atoms with E-state index < -0.39 is 5.97 Å². The molecule has 5 nitrogen and oxygen atoms in total. The molecular weight excluding hydrogens is 316 g/mol. The maximum Gasteiger partial charge on any atom is 0.356 e. The number of rotatable bonds is 4. The predicted octanol–water partition coefficient (Wildman–Crippen LogP) is 3.20. The molecule has 4 fully saturated rings. The van der Waals surface area contributed by atoms with Crippen LogP contribution in [0.4, 0.5) is 0 Å². The van der Waals surface area contributed by atoms with Crippen molar-refractivity contribution in [3.63, 3.8) is 0 Å². The number of methoxy groups -OCH3 is 1. The molecule has 0 aliphatic heterocycles. The molecule has 134 valence electrons. The van der Waals surface area contributed by atoms with E-state index in [9.17, 15) is 9.59 Å². The molecule has 0 unspecified atom stereocenters. The van der Waals surface area contributed by atoms with E-state index in [0.717, 1.165) is 17.8 Å². The van der Waals surface area contributed by atoms with E-state index in [4.69, 9.17) is 0 Å². The zero-order chi connectivity index (χ0) is 17.6. The number of carbonyl (C=O) groups excluding carboxylic acids is 2. The molecule has 1 aromatic rings. The molecule has 4 bridgehead atoms. The van der Waals surface area contributed by atoms with Gasteiger partial charge in [0.2, 0.25) is 0 Å². The van der Waals surface area contributed by atoms with Crippen molar-refractivity contribution in [2.24, 2.45) is 23.2 Å². The number of pyridine rings is 1. The maximum atomic E-state index is 12.7. The molecule has 0 radical (unpaired) electrons. The van der Waals surface area contributed by atoms with E-state index in [-0.39, 0.29) is 28.8 Å². The average molecular weight is 342 g/mol. The normalized spacial score (nSPS) is 33.8. The number of aromatic nitrogens is 1. The Morgan fingerprint density at radius 2 is 1.68 bits per heavy atom. The number of ether oxygens (including phenoxy) is 1. The van der Waals surface area contributed by atoms with Gasteiger partial charge in [-0.3, -0.25) is 4.79 Å². The van der Waals surface area contributed by atoms with E-state index in [0.29, 0.717) is 0 Å². The van der Waals surface area contributed by atoms with Crippen molar-refractivity contribution in [1.82, 2.24) is 10.3 Å². The van der Waals surface area contributed by atoms with E-state index in [2.05, 4.69) is 22.0 Å². The molecule has 1 aromatic heterocycles. The summed E-state index contributed by atoms with van der Waals surface area (Å²) < 4.78 is 4.68. The summed E-state index contributed by atoms with van der Waals surface area (Å²) in [5.41, 5.74) is 0.696. The zero-order valence-corrected chi connectivity index (χ0v) is 15.0. The molecule has 0 saturated heterocycles. The first kappa shape index (κ1) is 16.6. The Bertz CT molecular complexity index is 665. The van der Waals surface area contributed by atoms with Crippen molar-refractivity contribution in [2.45, 2.75) is 51.5 Å². The van der Waals surface area contributed by atoms with Gasteiger partial charge in [-0.1, -0.05) is 6.07 Å². The van der Waals surface area contributed by atoms with Crippen molar-refractivity contribution in [1.29, 1.82) is 0 Å². The van der Waals surface area contributed by atoms with Crippen LogP contribution in [0.2, 0.25) is 0 Å². The van der Waals surface area contributed by atoms with Crippen LogP contribution in [0.25, 0.3) is 0 Å². The van der Waals surface area contributed by atoms with Crippen LogP contribution in [-0.2, 0) is 4.74 Å². The van der Waals surface area contributed by atoms with Gasteiger partial charge in [0.15, 0.2) is 0 Å². The second-order valence-corrected chi connectivity index (χ2v) is 8.37. The molecule has 1 amide bonds. The second-order valence-electron chi connectivity index (χ2n) is 8.37. The Morgan fingerprint density at radius 1 is 1.12 bits per heavy atom. The third-order valence-corrected chi connectivity index (χ3v) is 6.73. The van der Waals surface area contributed by atoms with Gasteiger partial charge in [0, 0.05) is 6.04 Å².